The van der Waals surface area contributed by atoms with Crippen LogP contribution in [-0.4, -0.2) is 20.3 Å². The molecule has 0 aliphatic carbocycles. The molecule has 0 amide bonds. The molecule has 4 heteroatoms. The van der Waals surface area contributed by atoms with Gasteiger partial charge < -0.3 is 14.8 Å². The van der Waals surface area contributed by atoms with Gasteiger partial charge in [0.15, 0.2) is 11.5 Å². The van der Waals surface area contributed by atoms with Gasteiger partial charge in [-0.25, -0.2) is 0 Å². The highest BCUT2D eigenvalue weighted by molar-refractivity contribution is 6.31. The zero-order valence-electron chi connectivity index (χ0n) is 11.1. The molecule has 1 unspecified atom stereocenters. The van der Waals surface area contributed by atoms with E-state index in [1.54, 1.807) is 0 Å². The summed E-state index contributed by atoms with van der Waals surface area (Å²) >= 11 is 6.36. The number of hydrogen-bond donors (Lipinski definition) is 1. The molecule has 0 aromatic heterocycles. The summed E-state index contributed by atoms with van der Waals surface area (Å²) < 4.78 is 11.3. The summed E-state index contributed by atoms with van der Waals surface area (Å²) in [6.45, 7) is 5.71. The van der Waals surface area contributed by atoms with Crippen molar-refractivity contribution in [1.82, 2.24) is 5.32 Å². The Hall–Kier alpha value is -0.930. The van der Waals surface area contributed by atoms with Crippen molar-refractivity contribution in [1.29, 1.82) is 0 Å². The van der Waals surface area contributed by atoms with Crippen molar-refractivity contribution in [3.05, 3.63) is 22.7 Å². The predicted molar refractivity (Wildman–Crippen MR) is 73.7 cm³/mol. The van der Waals surface area contributed by atoms with Crippen LogP contribution in [-0.2, 0) is 0 Å². The number of hydrogen-bond acceptors (Lipinski definition) is 3. The summed E-state index contributed by atoms with van der Waals surface area (Å²) in [4.78, 5) is 0. The molecule has 0 radical (unpaired) electrons. The average molecular weight is 270 g/mol. The Morgan fingerprint density at radius 2 is 1.78 bits per heavy atom. The van der Waals surface area contributed by atoms with Crippen molar-refractivity contribution in [3.63, 3.8) is 0 Å². The largest absolute Gasteiger partial charge is 0.490 e. The van der Waals surface area contributed by atoms with Crippen LogP contribution in [0.2, 0.25) is 5.02 Å². The number of fused-ring (bicyclic) bond motifs is 1. The minimum absolute atomic E-state index is 0.217. The van der Waals surface area contributed by atoms with Gasteiger partial charge in [0.2, 0.25) is 0 Å². The number of nitrogens with one attached hydrogen (secondary N) is 1. The Balaban J connectivity index is 2.39. The summed E-state index contributed by atoms with van der Waals surface area (Å²) in [7, 11) is 1.95. The molecule has 0 spiro atoms. The van der Waals surface area contributed by atoms with Crippen LogP contribution in [0.4, 0.5) is 0 Å². The Kier molecular flexibility index (Phi) is 4.36. The number of rotatable bonds is 3. The highest BCUT2D eigenvalue weighted by Crippen LogP contribution is 2.38. The van der Waals surface area contributed by atoms with E-state index in [1.807, 2.05) is 19.2 Å². The lowest BCUT2D eigenvalue weighted by Gasteiger charge is -2.23. The van der Waals surface area contributed by atoms with Gasteiger partial charge in [0.05, 0.1) is 13.2 Å². The molecule has 100 valence electrons. The van der Waals surface area contributed by atoms with Crippen LogP contribution >= 0.6 is 11.6 Å². The summed E-state index contributed by atoms with van der Waals surface area (Å²) in [6, 6.07) is 4.09. The molecular weight excluding hydrogens is 250 g/mol. The lowest BCUT2D eigenvalue weighted by Crippen LogP contribution is -2.22. The maximum absolute atomic E-state index is 6.36. The zero-order valence-corrected chi connectivity index (χ0v) is 11.9. The topological polar surface area (TPSA) is 30.5 Å². The molecule has 0 saturated carbocycles. The second-order valence-corrected chi connectivity index (χ2v) is 5.29. The first-order valence-electron chi connectivity index (χ1n) is 6.39. The maximum Gasteiger partial charge on any atom is 0.162 e. The van der Waals surface area contributed by atoms with Gasteiger partial charge in [-0.2, -0.15) is 0 Å². The molecule has 1 aliphatic rings. The fourth-order valence-electron chi connectivity index (χ4n) is 2.29. The van der Waals surface area contributed by atoms with Crippen molar-refractivity contribution in [2.75, 3.05) is 20.3 Å². The number of halogens is 1. The predicted octanol–water partition coefficient (Wildman–Crippen LogP) is 3.42. The minimum atomic E-state index is 0.217. The van der Waals surface area contributed by atoms with E-state index in [0.29, 0.717) is 19.1 Å². The van der Waals surface area contributed by atoms with E-state index in [-0.39, 0.29) is 6.04 Å². The molecule has 1 aliphatic heterocycles. The summed E-state index contributed by atoms with van der Waals surface area (Å²) in [6.07, 6.45) is 0.904. The third-order valence-electron chi connectivity index (χ3n) is 3.18. The Bertz CT molecular complexity index is 421. The fourth-order valence-corrected chi connectivity index (χ4v) is 2.56. The summed E-state index contributed by atoms with van der Waals surface area (Å²) in [5.74, 6) is 2.00. The van der Waals surface area contributed by atoms with Crippen molar-refractivity contribution >= 4 is 11.6 Å². The molecule has 1 N–H and O–H groups in total. The second-order valence-electron chi connectivity index (χ2n) is 4.88. The molecule has 18 heavy (non-hydrogen) atoms. The van der Waals surface area contributed by atoms with Crippen LogP contribution in [0.1, 0.15) is 31.9 Å². The van der Waals surface area contributed by atoms with E-state index < -0.39 is 0 Å². The first-order chi connectivity index (χ1) is 8.63. The normalized spacial score (nSPS) is 16.5. The van der Waals surface area contributed by atoms with Gasteiger partial charge in [-0.05, 0) is 24.6 Å². The Labute approximate surface area is 113 Å². The Morgan fingerprint density at radius 1 is 1.17 bits per heavy atom. The van der Waals surface area contributed by atoms with Crippen LogP contribution < -0.4 is 14.8 Å². The molecule has 1 heterocycles. The van der Waals surface area contributed by atoms with Crippen LogP contribution in [0.15, 0.2) is 12.1 Å². The van der Waals surface area contributed by atoms with Crippen LogP contribution in [0.25, 0.3) is 0 Å². The SMILES string of the molecule is CNC(c1cc2c(cc1Cl)OCCCO2)C(C)C. The molecule has 0 saturated heterocycles. The molecule has 0 bridgehead atoms. The smallest absolute Gasteiger partial charge is 0.162 e. The minimum Gasteiger partial charge on any atom is -0.490 e. The van der Waals surface area contributed by atoms with Crippen molar-refractivity contribution in [2.45, 2.75) is 26.3 Å². The Morgan fingerprint density at radius 3 is 2.33 bits per heavy atom. The van der Waals surface area contributed by atoms with E-state index in [9.17, 15) is 0 Å². The number of ether oxygens (including phenoxy) is 2. The van der Waals surface area contributed by atoms with Gasteiger partial charge in [-0.1, -0.05) is 25.4 Å². The highest BCUT2D eigenvalue weighted by atomic mass is 35.5. The zero-order chi connectivity index (χ0) is 13.1. The second kappa shape index (κ2) is 5.81. The summed E-state index contributed by atoms with van der Waals surface area (Å²) in [5.41, 5.74) is 1.07. The van der Waals surface area contributed by atoms with Gasteiger partial charge in [-0.3, -0.25) is 0 Å². The lowest BCUT2D eigenvalue weighted by atomic mass is 9.96. The quantitative estimate of drug-likeness (QED) is 0.912. The van der Waals surface area contributed by atoms with E-state index in [4.69, 9.17) is 21.1 Å². The maximum atomic E-state index is 6.36. The standard InChI is InChI=1S/C14H20ClNO2/c1-9(2)14(16-3)10-7-12-13(8-11(10)15)18-6-4-5-17-12/h7-9,14,16H,4-6H2,1-3H3. The third-order valence-corrected chi connectivity index (χ3v) is 3.51. The highest BCUT2D eigenvalue weighted by Gasteiger charge is 2.21. The molecule has 1 aromatic carbocycles. The van der Waals surface area contributed by atoms with Gasteiger partial charge in [0.1, 0.15) is 0 Å². The van der Waals surface area contributed by atoms with Crippen molar-refractivity contribution in [2.24, 2.45) is 5.92 Å². The lowest BCUT2D eigenvalue weighted by molar-refractivity contribution is 0.297. The molecule has 1 atom stereocenters. The first-order valence-corrected chi connectivity index (χ1v) is 6.77. The van der Waals surface area contributed by atoms with Crippen molar-refractivity contribution in [3.8, 4) is 11.5 Å². The van der Waals surface area contributed by atoms with Crippen molar-refractivity contribution < 1.29 is 9.47 Å². The van der Waals surface area contributed by atoms with E-state index in [1.165, 1.54) is 0 Å². The molecular formula is C14H20ClNO2. The fraction of sp³-hybridized carbons (Fsp3) is 0.571. The van der Waals surface area contributed by atoms with E-state index in [0.717, 1.165) is 28.5 Å². The number of benzene rings is 1. The molecule has 2 rings (SSSR count). The van der Waals surface area contributed by atoms with Gasteiger partial charge in [0, 0.05) is 23.6 Å². The van der Waals surface area contributed by atoms with E-state index >= 15 is 0 Å². The molecule has 3 nitrogen and oxygen atoms in total. The van der Waals surface area contributed by atoms with Crippen LogP contribution in [0.3, 0.4) is 0 Å². The molecule has 0 fully saturated rings. The monoisotopic (exact) mass is 269 g/mol. The first kappa shape index (κ1) is 13.5. The summed E-state index contributed by atoms with van der Waals surface area (Å²) in [5, 5.41) is 4.03. The van der Waals surface area contributed by atoms with Crippen LogP contribution in [0, 0.1) is 5.92 Å². The van der Waals surface area contributed by atoms with Gasteiger partial charge in [0.25, 0.3) is 0 Å². The van der Waals surface area contributed by atoms with E-state index in [2.05, 4.69) is 19.2 Å². The molecule has 1 aromatic rings. The van der Waals surface area contributed by atoms with Crippen LogP contribution in [0.5, 0.6) is 11.5 Å². The van der Waals surface area contributed by atoms with Gasteiger partial charge in [-0.15, -0.1) is 0 Å². The third kappa shape index (κ3) is 2.73. The average Bonchev–Trinajstić information content (AvgIpc) is 2.54. The van der Waals surface area contributed by atoms with Gasteiger partial charge >= 0.3 is 0 Å².